The summed E-state index contributed by atoms with van der Waals surface area (Å²) < 4.78 is 22.5. The van der Waals surface area contributed by atoms with Crippen LogP contribution >= 0.6 is 0 Å². The van der Waals surface area contributed by atoms with Gasteiger partial charge in [-0.15, -0.1) is 0 Å². The molecule has 30 heavy (non-hydrogen) atoms. The van der Waals surface area contributed by atoms with E-state index in [0.717, 1.165) is 22.4 Å². The minimum absolute atomic E-state index is 0.154. The minimum Gasteiger partial charge on any atom is -0.497 e. The SMILES string of the molecule is COc1cccc(COc2ccc3c(c2C)O/C(=C\c2ccccc2OC)C3=O)c1. The second-order valence-corrected chi connectivity index (χ2v) is 6.89. The van der Waals surface area contributed by atoms with Crippen molar-refractivity contribution < 1.29 is 23.7 Å². The topological polar surface area (TPSA) is 54.0 Å². The molecule has 0 fully saturated rings. The van der Waals surface area contributed by atoms with Crippen molar-refractivity contribution in [3.63, 3.8) is 0 Å². The van der Waals surface area contributed by atoms with Gasteiger partial charge in [-0.3, -0.25) is 4.79 Å². The lowest BCUT2D eigenvalue weighted by atomic mass is 10.1. The molecule has 3 aromatic rings. The first-order valence-corrected chi connectivity index (χ1v) is 9.57. The van der Waals surface area contributed by atoms with Crippen molar-refractivity contribution in [2.75, 3.05) is 14.2 Å². The molecule has 0 spiro atoms. The molecule has 5 nitrogen and oxygen atoms in total. The van der Waals surface area contributed by atoms with Crippen LogP contribution in [0.15, 0.2) is 66.4 Å². The van der Waals surface area contributed by atoms with E-state index >= 15 is 0 Å². The number of methoxy groups -OCH3 is 2. The summed E-state index contributed by atoms with van der Waals surface area (Å²) in [5, 5.41) is 0. The van der Waals surface area contributed by atoms with Gasteiger partial charge in [-0.05, 0) is 48.9 Å². The quantitative estimate of drug-likeness (QED) is 0.530. The van der Waals surface area contributed by atoms with Crippen LogP contribution < -0.4 is 18.9 Å². The fourth-order valence-electron chi connectivity index (χ4n) is 3.37. The highest BCUT2D eigenvalue weighted by molar-refractivity contribution is 6.15. The third kappa shape index (κ3) is 3.74. The Morgan fingerprint density at radius 3 is 2.57 bits per heavy atom. The molecule has 0 atom stereocenters. The predicted molar refractivity (Wildman–Crippen MR) is 114 cm³/mol. The van der Waals surface area contributed by atoms with Crippen molar-refractivity contribution in [3.05, 3.63) is 88.7 Å². The average molecular weight is 402 g/mol. The Balaban J connectivity index is 1.57. The maximum Gasteiger partial charge on any atom is 0.231 e. The zero-order valence-electron chi connectivity index (χ0n) is 17.1. The number of hydrogen-bond acceptors (Lipinski definition) is 5. The van der Waals surface area contributed by atoms with Crippen molar-refractivity contribution in [2.24, 2.45) is 0 Å². The molecule has 1 aliphatic heterocycles. The van der Waals surface area contributed by atoms with Gasteiger partial charge in [0, 0.05) is 11.1 Å². The number of ether oxygens (including phenoxy) is 4. The number of hydrogen-bond donors (Lipinski definition) is 0. The number of ketones is 1. The Hall–Kier alpha value is -3.73. The number of allylic oxidation sites excluding steroid dienone is 1. The van der Waals surface area contributed by atoms with Crippen LogP contribution in [0.1, 0.15) is 27.0 Å². The molecule has 1 aliphatic rings. The number of benzene rings is 3. The highest BCUT2D eigenvalue weighted by Crippen LogP contribution is 2.40. The maximum atomic E-state index is 12.8. The summed E-state index contributed by atoms with van der Waals surface area (Å²) in [6, 6.07) is 18.7. The van der Waals surface area contributed by atoms with Gasteiger partial charge < -0.3 is 18.9 Å². The first-order chi connectivity index (χ1) is 14.6. The molecular weight excluding hydrogens is 380 g/mol. The normalized spacial score (nSPS) is 13.7. The van der Waals surface area contributed by atoms with Gasteiger partial charge in [0.15, 0.2) is 5.76 Å². The van der Waals surface area contributed by atoms with E-state index in [9.17, 15) is 4.79 Å². The Labute approximate surface area is 175 Å². The van der Waals surface area contributed by atoms with Crippen LogP contribution in [0.2, 0.25) is 0 Å². The molecule has 152 valence electrons. The molecule has 0 N–H and O–H groups in total. The van der Waals surface area contributed by atoms with E-state index in [2.05, 4.69) is 0 Å². The van der Waals surface area contributed by atoms with E-state index in [-0.39, 0.29) is 11.5 Å². The van der Waals surface area contributed by atoms with Gasteiger partial charge in [0.05, 0.1) is 19.8 Å². The smallest absolute Gasteiger partial charge is 0.231 e. The fourth-order valence-corrected chi connectivity index (χ4v) is 3.37. The number of rotatable bonds is 6. The van der Waals surface area contributed by atoms with E-state index in [0.29, 0.717) is 29.4 Å². The molecule has 0 saturated carbocycles. The second-order valence-electron chi connectivity index (χ2n) is 6.89. The summed E-state index contributed by atoms with van der Waals surface area (Å²) in [5.41, 5.74) is 3.08. The van der Waals surface area contributed by atoms with Crippen LogP contribution in [0, 0.1) is 6.92 Å². The summed E-state index contributed by atoms with van der Waals surface area (Å²) in [5.74, 6) is 2.77. The van der Waals surface area contributed by atoms with Gasteiger partial charge in [0.25, 0.3) is 0 Å². The number of fused-ring (bicyclic) bond motifs is 1. The molecule has 0 bridgehead atoms. The van der Waals surface area contributed by atoms with Crippen molar-refractivity contribution in [1.29, 1.82) is 0 Å². The highest BCUT2D eigenvalue weighted by Gasteiger charge is 2.30. The average Bonchev–Trinajstić information content (AvgIpc) is 3.10. The lowest BCUT2D eigenvalue weighted by molar-refractivity contribution is 0.101. The van der Waals surface area contributed by atoms with E-state index in [1.807, 2.05) is 61.5 Å². The number of Topliss-reactive ketones (excluding diaryl/α,β-unsaturated/α-hetero) is 1. The molecule has 5 heteroatoms. The van der Waals surface area contributed by atoms with Crippen molar-refractivity contribution in [3.8, 4) is 23.0 Å². The minimum atomic E-state index is -0.154. The van der Waals surface area contributed by atoms with Crippen LogP contribution in [-0.2, 0) is 6.61 Å². The summed E-state index contributed by atoms with van der Waals surface area (Å²) >= 11 is 0. The molecular formula is C25H22O5. The van der Waals surface area contributed by atoms with Gasteiger partial charge in [-0.25, -0.2) is 0 Å². The first-order valence-electron chi connectivity index (χ1n) is 9.57. The summed E-state index contributed by atoms with van der Waals surface area (Å²) in [4.78, 5) is 12.8. The fraction of sp³-hybridized carbons (Fsp3) is 0.160. The first kappa shape index (κ1) is 19.6. The Morgan fingerprint density at radius 2 is 1.77 bits per heavy atom. The van der Waals surface area contributed by atoms with Gasteiger partial charge in [-0.1, -0.05) is 30.3 Å². The van der Waals surface area contributed by atoms with Crippen LogP contribution in [0.3, 0.4) is 0 Å². The Kier molecular flexibility index (Phi) is 5.44. The Morgan fingerprint density at radius 1 is 0.933 bits per heavy atom. The molecule has 3 aromatic carbocycles. The number of carbonyl (C=O) groups excluding carboxylic acids is 1. The van der Waals surface area contributed by atoms with E-state index < -0.39 is 0 Å². The predicted octanol–water partition coefficient (Wildman–Crippen LogP) is 5.21. The van der Waals surface area contributed by atoms with Crippen LogP contribution in [0.4, 0.5) is 0 Å². The highest BCUT2D eigenvalue weighted by atomic mass is 16.5. The largest absolute Gasteiger partial charge is 0.497 e. The van der Waals surface area contributed by atoms with E-state index in [1.165, 1.54) is 0 Å². The lowest BCUT2D eigenvalue weighted by Gasteiger charge is -2.12. The van der Waals surface area contributed by atoms with Crippen LogP contribution in [0.25, 0.3) is 6.08 Å². The third-order valence-corrected chi connectivity index (χ3v) is 4.99. The molecule has 0 radical (unpaired) electrons. The molecule has 0 aliphatic carbocycles. The van der Waals surface area contributed by atoms with Gasteiger partial charge >= 0.3 is 0 Å². The number of para-hydroxylation sites is 1. The van der Waals surface area contributed by atoms with Crippen LogP contribution in [-0.4, -0.2) is 20.0 Å². The Bertz CT molecular complexity index is 1130. The van der Waals surface area contributed by atoms with E-state index in [4.69, 9.17) is 18.9 Å². The summed E-state index contributed by atoms with van der Waals surface area (Å²) in [6.07, 6.45) is 1.71. The monoisotopic (exact) mass is 402 g/mol. The zero-order valence-corrected chi connectivity index (χ0v) is 17.1. The molecule has 0 aromatic heterocycles. The lowest BCUT2D eigenvalue weighted by Crippen LogP contribution is -1.99. The molecule has 0 saturated heterocycles. The van der Waals surface area contributed by atoms with Crippen LogP contribution in [0.5, 0.6) is 23.0 Å². The maximum absolute atomic E-state index is 12.8. The summed E-state index contributed by atoms with van der Waals surface area (Å²) in [6.45, 7) is 2.27. The second kappa shape index (κ2) is 8.33. The van der Waals surface area contributed by atoms with Crippen molar-refractivity contribution in [1.82, 2.24) is 0 Å². The van der Waals surface area contributed by atoms with Gasteiger partial charge in [-0.2, -0.15) is 0 Å². The molecule has 0 amide bonds. The molecule has 0 unspecified atom stereocenters. The van der Waals surface area contributed by atoms with Gasteiger partial charge in [0.2, 0.25) is 5.78 Å². The van der Waals surface area contributed by atoms with Gasteiger partial charge in [0.1, 0.15) is 29.6 Å². The van der Waals surface area contributed by atoms with E-state index in [1.54, 1.807) is 26.4 Å². The van der Waals surface area contributed by atoms with Crippen molar-refractivity contribution >= 4 is 11.9 Å². The third-order valence-electron chi connectivity index (χ3n) is 4.99. The molecule has 4 rings (SSSR count). The standard InChI is InChI=1S/C25H22O5/c1-16-21(29-15-17-7-6-9-19(13-17)27-2)12-11-20-24(26)23(30-25(16)20)14-18-8-4-5-10-22(18)28-3/h4-14H,15H2,1-3H3/b23-14-. The zero-order chi connectivity index (χ0) is 21.1. The molecule has 1 heterocycles. The van der Waals surface area contributed by atoms with Crippen molar-refractivity contribution in [2.45, 2.75) is 13.5 Å². The summed E-state index contributed by atoms with van der Waals surface area (Å²) in [7, 11) is 3.23. The number of carbonyl (C=O) groups is 1.